The molecule has 0 radical (unpaired) electrons. The minimum absolute atomic E-state index is 0.151. The van der Waals surface area contributed by atoms with Crippen molar-refractivity contribution >= 4 is 11.6 Å². The summed E-state index contributed by atoms with van der Waals surface area (Å²) in [7, 11) is 3.22. The molecule has 0 spiro atoms. The van der Waals surface area contributed by atoms with E-state index in [1.54, 1.807) is 27.2 Å². The van der Waals surface area contributed by atoms with Gasteiger partial charge in [0.15, 0.2) is 0 Å². The van der Waals surface area contributed by atoms with Gasteiger partial charge in [0.05, 0.1) is 20.3 Å². The number of aliphatic hydroxyl groups is 1. The summed E-state index contributed by atoms with van der Waals surface area (Å²) < 4.78 is 10.5. The van der Waals surface area contributed by atoms with Crippen LogP contribution in [0.2, 0.25) is 0 Å². The Balaban J connectivity index is 0.000000342. The molecule has 0 aliphatic carbocycles. The van der Waals surface area contributed by atoms with Crippen LogP contribution in [0.25, 0.3) is 0 Å². The first-order chi connectivity index (χ1) is 15.6. The highest BCUT2D eigenvalue weighted by Crippen LogP contribution is 2.30. The van der Waals surface area contributed by atoms with Crippen LogP contribution in [-0.4, -0.2) is 30.9 Å². The minimum Gasteiger partial charge on any atom is -0.496 e. The smallest absolute Gasteiger partial charge is 0.142 e. The van der Waals surface area contributed by atoms with Crippen LogP contribution in [0.5, 0.6) is 11.5 Å². The minimum atomic E-state index is -0.649. The Hall–Kier alpha value is -2.66. The van der Waals surface area contributed by atoms with Crippen molar-refractivity contribution in [1.29, 1.82) is 0 Å². The molecule has 0 saturated heterocycles. The molecule has 0 aromatic heterocycles. The Morgan fingerprint density at radius 2 is 1.21 bits per heavy atom. The van der Waals surface area contributed by atoms with Crippen LogP contribution < -0.4 is 9.47 Å². The number of ether oxygens (including phenoxy) is 2. The normalized spacial score (nSPS) is 12.3. The van der Waals surface area contributed by atoms with Crippen LogP contribution in [0, 0.1) is 17.8 Å². The second-order valence-electron chi connectivity index (χ2n) is 10.7. The van der Waals surface area contributed by atoms with E-state index in [1.807, 2.05) is 78.8 Å². The molecule has 5 nitrogen and oxygen atoms in total. The van der Waals surface area contributed by atoms with Gasteiger partial charge in [0, 0.05) is 29.2 Å². The summed E-state index contributed by atoms with van der Waals surface area (Å²) in [6.45, 7) is 15.2. The van der Waals surface area contributed by atoms with E-state index in [1.165, 1.54) is 0 Å². The first-order valence-electron chi connectivity index (χ1n) is 11.7. The quantitative estimate of drug-likeness (QED) is 0.532. The predicted octanol–water partition coefficient (Wildman–Crippen LogP) is 6.07. The van der Waals surface area contributed by atoms with Gasteiger partial charge < -0.3 is 14.6 Å². The summed E-state index contributed by atoms with van der Waals surface area (Å²) >= 11 is 0. The molecule has 0 saturated carbocycles. The topological polar surface area (TPSA) is 72.8 Å². The molecule has 0 aliphatic heterocycles. The molecule has 5 heteroatoms. The molecule has 0 bridgehead atoms. The van der Waals surface area contributed by atoms with E-state index in [2.05, 4.69) is 0 Å². The molecule has 1 unspecified atom stereocenters. The molecule has 1 atom stereocenters. The van der Waals surface area contributed by atoms with Crippen LogP contribution in [0.15, 0.2) is 36.4 Å². The maximum absolute atomic E-state index is 12.1. The average molecular weight is 471 g/mol. The number of aliphatic hydroxyl groups excluding tert-OH is 1. The van der Waals surface area contributed by atoms with E-state index in [0.717, 1.165) is 22.4 Å². The number of methoxy groups -OCH3 is 2. The number of hydrogen-bond donors (Lipinski definition) is 1. The van der Waals surface area contributed by atoms with Gasteiger partial charge in [-0.1, -0.05) is 65.8 Å². The van der Waals surface area contributed by atoms with Gasteiger partial charge in [-0.15, -0.1) is 0 Å². The largest absolute Gasteiger partial charge is 0.496 e. The Bertz CT molecular complexity index is 975. The van der Waals surface area contributed by atoms with Crippen molar-refractivity contribution in [2.75, 3.05) is 14.2 Å². The van der Waals surface area contributed by atoms with Crippen molar-refractivity contribution in [3.8, 4) is 11.5 Å². The van der Waals surface area contributed by atoms with E-state index >= 15 is 0 Å². The van der Waals surface area contributed by atoms with Crippen molar-refractivity contribution in [2.45, 2.75) is 74.3 Å². The fourth-order valence-corrected chi connectivity index (χ4v) is 3.34. The molecular formula is C29H42O5. The van der Waals surface area contributed by atoms with Crippen LogP contribution in [0.3, 0.4) is 0 Å². The lowest BCUT2D eigenvalue weighted by Crippen LogP contribution is -2.23. The molecule has 0 aliphatic rings. The fraction of sp³-hybridized carbons (Fsp3) is 0.517. The zero-order valence-electron chi connectivity index (χ0n) is 22.5. The van der Waals surface area contributed by atoms with Crippen LogP contribution in [0.4, 0.5) is 0 Å². The van der Waals surface area contributed by atoms with Crippen LogP contribution in [0.1, 0.15) is 76.8 Å². The van der Waals surface area contributed by atoms with Crippen molar-refractivity contribution in [2.24, 2.45) is 10.8 Å². The summed E-state index contributed by atoms with van der Waals surface area (Å²) in [6.07, 6.45) is 0.150. The Morgan fingerprint density at radius 1 is 0.794 bits per heavy atom. The van der Waals surface area contributed by atoms with Crippen molar-refractivity contribution in [1.82, 2.24) is 0 Å². The van der Waals surface area contributed by atoms with Gasteiger partial charge in [0.2, 0.25) is 0 Å². The Labute approximate surface area is 205 Å². The Morgan fingerprint density at radius 3 is 1.62 bits per heavy atom. The van der Waals surface area contributed by atoms with E-state index in [9.17, 15) is 14.7 Å². The second kappa shape index (κ2) is 12.2. The molecule has 188 valence electrons. The van der Waals surface area contributed by atoms with Crippen LogP contribution in [-0.2, 0) is 22.4 Å². The number of hydrogen-bond acceptors (Lipinski definition) is 5. The fourth-order valence-electron chi connectivity index (χ4n) is 3.34. The third-order valence-corrected chi connectivity index (χ3v) is 5.79. The monoisotopic (exact) mass is 470 g/mol. The maximum Gasteiger partial charge on any atom is 0.142 e. The van der Waals surface area contributed by atoms with E-state index in [0.29, 0.717) is 24.2 Å². The molecule has 2 aromatic rings. The highest BCUT2D eigenvalue weighted by molar-refractivity contribution is 5.86. The lowest BCUT2D eigenvalue weighted by Gasteiger charge is -2.20. The van der Waals surface area contributed by atoms with Crippen molar-refractivity contribution < 1.29 is 24.2 Å². The summed E-state index contributed by atoms with van der Waals surface area (Å²) in [5.74, 6) is 1.88. The third-order valence-electron chi connectivity index (χ3n) is 5.79. The van der Waals surface area contributed by atoms with Gasteiger partial charge >= 0.3 is 0 Å². The lowest BCUT2D eigenvalue weighted by molar-refractivity contribution is -0.126. The van der Waals surface area contributed by atoms with Crippen LogP contribution >= 0.6 is 0 Å². The average Bonchev–Trinajstić information content (AvgIpc) is 2.73. The van der Waals surface area contributed by atoms with Crippen molar-refractivity contribution in [3.63, 3.8) is 0 Å². The molecule has 0 amide bonds. The van der Waals surface area contributed by atoms with E-state index in [-0.39, 0.29) is 22.4 Å². The number of rotatable bonds is 7. The van der Waals surface area contributed by atoms with Gasteiger partial charge in [0.25, 0.3) is 0 Å². The Kier molecular flexibility index (Phi) is 10.5. The van der Waals surface area contributed by atoms with E-state index < -0.39 is 6.10 Å². The van der Waals surface area contributed by atoms with Gasteiger partial charge in [-0.3, -0.25) is 9.59 Å². The van der Waals surface area contributed by atoms with Gasteiger partial charge in [0.1, 0.15) is 23.1 Å². The number of ketones is 2. The van der Waals surface area contributed by atoms with E-state index in [4.69, 9.17) is 9.47 Å². The summed E-state index contributed by atoms with van der Waals surface area (Å²) in [6, 6.07) is 11.3. The summed E-state index contributed by atoms with van der Waals surface area (Å²) in [4.78, 5) is 24.0. The summed E-state index contributed by atoms with van der Waals surface area (Å²) in [5, 5.41) is 9.84. The number of carbonyl (C=O) groups excluding carboxylic acids is 2. The SMILES string of the molecule is COc1cccc(CC(=O)C(C)(C)C)c1C.COc1cccc(CC(=O)C(C)(C)C)c1C(C)O. The molecule has 2 aromatic carbocycles. The summed E-state index contributed by atoms with van der Waals surface area (Å²) in [5.41, 5.74) is 3.00. The molecule has 0 fully saturated rings. The van der Waals surface area contributed by atoms with Gasteiger partial charge in [-0.25, -0.2) is 0 Å². The zero-order valence-corrected chi connectivity index (χ0v) is 22.5. The second-order valence-corrected chi connectivity index (χ2v) is 10.7. The number of benzene rings is 2. The lowest BCUT2D eigenvalue weighted by atomic mass is 9.85. The zero-order chi connectivity index (χ0) is 26.3. The van der Waals surface area contributed by atoms with Gasteiger partial charge in [-0.05, 0) is 42.7 Å². The third kappa shape index (κ3) is 8.28. The predicted molar refractivity (Wildman–Crippen MR) is 138 cm³/mol. The number of Topliss-reactive ketones (excluding diaryl/α,β-unsaturated/α-hetero) is 2. The first-order valence-corrected chi connectivity index (χ1v) is 11.7. The molecule has 2 rings (SSSR count). The molecule has 1 N–H and O–H groups in total. The maximum atomic E-state index is 12.1. The molecule has 34 heavy (non-hydrogen) atoms. The van der Waals surface area contributed by atoms with Gasteiger partial charge in [-0.2, -0.15) is 0 Å². The highest BCUT2D eigenvalue weighted by atomic mass is 16.5. The molecule has 0 heterocycles. The number of carbonyl (C=O) groups is 2. The highest BCUT2D eigenvalue weighted by Gasteiger charge is 2.24. The first kappa shape index (κ1) is 29.4. The van der Waals surface area contributed by atoms with Crippen molar-refractivity contribution in [3.05, 3.63) is 58.7 Å². The molecular weight excluding hydrogens is 428 g/mol. The standard InChI is InChI=1S/C15H22O3.C14H20O2/c1-10(16)14-11(7-6-8-12(14)18-5)9-13(17)15(2,3)4;1-10-11(7-6-8-12(10)16-5)9-13(15)14(2,3)4/h6-8,10,16H,9H2,1-5H3;6-8H,9H2,1-5H3.